The Morgan fingerprint density at radius 3 is 2.50 bits per heavy atom. The van der Waals surface area contributed by atoms with Gasteiger partial charge in [-0.1, -0.05) is 19.1 Å². The third-order valence-corrected chi connectivity index (χ3v) is 4.86. The maximum absolute atomic E-state index is 12.7. The second-order valence-electron chi connectivity index (χ2n) is 5.02. The van der Waals surface area contributed by atoms with Crippen molar-refractivity contribution in [2.24, 2.45) is 0 Å². The summed E-state index contributed by atoms with van der Waals surface area (Å²) in [5, 5.41) is 0. The van der Waals surface area contributed by atoms with Gasteiger partial charge in [0.05, 0.1) is 19.8 Å². The van der Waals surface area contributed by atoms with E-state index >= 15 is 0 Å². The number of sulfonamides is 1. The van der Waals surface area contributed by atoms with Crippen LogP contribution in [0.1, 0.15) is 22.8 Å². The van der Waals surface area contributed by atoms with Crippen molar-refractivity contribution in [2.45, 2.75) is 18.2 Å². The highest BCUT2D eigenvalue weighted by atomic mass is 32.2. The topological polar surface area (TPSA) is 81.7 Å². The van der Waals surface area contributed by atoms with Gasteiger partial charge in [-0.3, -0.25) is 4.72 Å². The first-order valence-corrected chi connectivity index (χ1v) is 8.77. The average Bonchev–Trinajstić information content (AvgIpc) is 2.60. The van der Waals surface area contributed by atoms with Gasteiger partial charge in [-0.2, -0.15) is 0 Å². The van der Waals surface area contributed by atoms with E-state index in [2.05, 4.69) is 9.46 Å². The highest BCUT2D eigenvalue weighted by Crippen LogP contribution is 2.27. The predicted octanol–water partition coefficient (Wildman–Crippen LogP) is 2.85. The fourth-order valence-corrected chi connectivity index (χ4v) is 3.46. The average molecular weight is 349 g/mol. The van der Waals surface area contributed by atoms with E-state index in [4.69, 9.17) is 4.74 Å². The number of rotatable bonds is 6. The Balaban J connectivity index is 2.40. The van der Waals surface area contributed by atoms with Gasteiger partial charge in [0, 0.05) is 5.69 Å². The number of carbonyl (C=O) groups is 1. The first kappa shape index (κ1) is 17.8. The van der Waals surface area contributed by atoms with Crippen molar-refractivity contribution < 1.29 is 22.7 Å². The molecule has 2 aromatic rings. The second-order valence-corrected chi connectivity index (χ2v) is 6.67. The van der Waals surface area contributed by atoms with Crippen molar-refractivity contribution in [1.82, 2.24) is 0 Å². The van der Waals surface area contributed by atoms with E-state index in [-0.39, 0.29) is 21.9 Å². The maximum Gasteiger partial charge on any atom is 0.337 e. The molecule has 0 atom stereocenters. The highest BCUT2D eigenvalue weighted by Gasteiger charge is 2.20. The van der Waals surface area contributed by atoms with E-state index < -0.39 is 16.0 Å². The number of anilines is 1. The van der Waals surface area contributed by atoms with Crippen molar-refractivity contribution in [3.63, 3.8) is 0 Å². The summed E-state index contributed by atoms with van der Waals surface area (Å²) in [6, 6.07) is 11.1. The smallest absolute Gasteiger partial charge is 0.337 e. The maximum atomic E-state index is 12.7. The minimum Gasteiger partial charge on any atom is -0.495 e. The number of hydrogen-bond acceptors (Lipinski definition) is 5. The number of esters is 1. The van der Waals surface area contributed by atoms with Crippen LogP contribution in [0.15, 0.2) is 47.4 Å². The molecule has 0 spiro atoms. The number of methoxy groups -OCH3 is 2. The summed E-state index contributed by atoms with van der Waals surface area (Å²) < 4.78 is 37.6. The van der Waals surface area contributed by atoms with E-state index in [0.717, 1.165) is 5.56 Å². The summed E-state index contributed by atoms with van der Waals surface area (Å²) in [5.41, 5.74) is 1.40. The molecule has 24 heavy (non-hydrogen) atoms. The molecule has 1 N–H and O–H groups in total. The van der Waals surface area contributed by atoms with Crippen molar-refractivity contribution in [3.05, 3.63) is 53.6 Å². The number of benzene rings is 2. The Bertz CT molecular complexity index is 846. The van der Waals surface area contributed by atoms with E-state index in [1.165, 1.54) is 20.3 Å². The standard InChI is InChI=1S/C17H19NO5S/c1-4-12-8-9-15(22-2)16(10-12)24(20,21)18-14-7-5-6-13(11-14)17(19)23-3/h5-11,18H,4H2,1-3H3. The highest BCUT2D eigenvalue weighted by molar-refractivity contribution is 7.92. The van der Waals surface area contributed by atoms with E-state index in [1.54, 1.807) is 30.3 Å². The van der Waals surface area contributed by atoms with Gasteiger partial charge in [0.1, 0.15) is 10.6 Å². The fourth-order valence-electron chi connectivity index (χ4n) is 2.19. The largest absolute Gasteiger partial charge is 0.495 e. The first-order valence-electron chi connectivity index (χ1n) is 7.29. The molecule has 0 radical (unpaired) electrons. The first-order chi connectivity index (χ1) is 11.4. The van der Waals surface area contributed by atoms with Crippen LogP contribution in [0.2, 0.25) is 0 Å². The van der Waals surface area contributed by atoms with Crippen LogP contribution in [0.3, 0.4) is 0 Å². The van der Waals surface area contributed by atoms with Gasteiger partial charge in [0.15, 0.2) is 0 Å². The van der Waals surface area contributed by atoms with Gasteiger partial charge >= 0.3 is 5.97 Å². The molecule has 0 amide bonds. The Hall–Kier alpha value is -2.54. The van der Waals surface area contributed by atoms with Gasteiger partial charge in [0.2, 0.25) is 0 Å². The van der Waals surface area contributed by atoms with Gasteiger partial charge in [-0.25, -0.2) is 13.2 Å². The molecule has 128 valence electrons. The molecule has 7 heteroatoms. The van der Waals surface area contributed by atoms with Gasteiger partial charge in [-0.05, 0) is 42.3 Å². The summed E-state index contributed by atoms with van der Waals surface area (Å²) in [7, 11) is -1.19. The Labute approximate surface area is 141 Å². The van der Waals surface area contributed by atoms with E-state index in [9.17, 15) is 13.2 Å². The number of aryl methyl sites for hydroxylation is 1. The Kier molecular flexibility index (Phi) is 5.46. The van der Waals surface area contributed by atoms with Crippen molar-refractivity contribution in [2.75, 3.05) is 18.9 Å². The lowest BCUT2D eigenvalue weighted by Gasteiger charge is -2.13. The third-order valence-electron chi connectivity index (χ3n) is 3.46. The van der Waals surface area contributed by atoms with Crippen LogP contribution in [-0.4, -0.2) is 28.6 Å². The summed E-state index contributed by atoms with van der Waals surface area (Å²) >= 11 is 0. The van der Waals surface area contributed by atoms with Crippen molar-refractivity contribution >= 4 is 21.7 Å². The zero-order valence-corrected chi connectivity index (χ0v) is 14.5. The molecule has 0 saturated heterocycles. The Morgan fingerprint density at radius 1 is 1.12 bits per heavy atom. The number of carbonyl (C=O) groups excluding carboxylic acids is 1. The summed E-state index contributed by atoms with van der Waals surface area (Å²) in [6.45, 7) is 1.94. The summed E-state index contributed by atoms with van der Waals surface area (Å²) in [5.74, 6) is -0.287. The molecule has 0 heterocycles. The predicted molar refractivity (Wildman–Crippen MR) is 91.0 cm³/mol. The minimum absolute atomic E-state index is 0.0489. The van der Waals surface area contributed by atoms with Gasteiger partial charge in [0.25, 0.3) is 10.0 Å². The van der Waals surface area contributed by atoms with Crippen molar-refractivity contribution in [3.8, 4) is 5.75 Å². The molecule has 0 unspecified atom stereocenters. The Morgan fingerprint density at radius 2 is 1.88 bits per heavy atom. The molecule has 2 rings (SSSR count). The normalized spacial score (nSPS) is 11.0. The van der Waals surface area contributed by atoms with Gasteiger partial charge in [-0.15, -0.1) is 0 Å². The SMILES string of the molecule is CCc1ccc(OC)c(S(=O)(=O)Nc2cccc(C(=O)OC)c2)c1. The number of nitrogens with one attached hydrogen (secondary N) is 1. The van der Waals surface area contributed by atoms with E-state index in [0.29, 0.717) is 6.42 Å². The van der Waals surface area contributed by atoms with Crippen LogP contribution in [0.4, 0.5) is 5.69 Å². The number of hydrogen-bond donors (Lipinski definition) is 1. The zero-order chi connectivity index (χ0) is 17.7. The molecule has 0 aliphatic rings. The molecule has 0 fully saturated rings. The zero-order valence-electron chi connectivity index (χ0n) is 13.7. The monoisotopic (exact) mass is 349 g/mol. The molecule has 0 bridgehead atoms. The molecule has 6 nitrogen and oxygen atoms in total. The van der Waals surface area contributed by atoms with Crippen LogP contribution < -0.4 is 9.46 Å². The fraction of sp³-hybridized carbons (Fsp3) is 0.235. The molecule has 0 aliphatic heterocycles. The van der Waals surface area contributed by atoms with Crippen molar-refractivity contribution in [1.29, 1.82) is 0 Å². The molecule has 2 aromatic carbocycles. The summed E-state index contributed by atoms with van der Waals surface area (Å²) in [6.07, 6.45) is 0.699. The van der Waals surface area contributed by atoms with Crippen LogP contribution in [0, 0.1) is 0 Å². The minimum atomic E-state index is -3.86. The molecular formula is C17H19NO5S. The quantitative estimate of drug-likeness (QED) is 0.811. The molecule has 0 saturated carbocycles. The third kappa shape index (κ3) is 3.86. The van der Waals surface area contributed by atoms with Crippen LogP contribution in [-0.2, 0) is 21.2 Å². The van der Waals surface area contributed by atoms with Gasteiger partial charge < -0.3 is 9.47 Å². The second kappa shape index (κ2) is 7.35. The van der Waals surface area contributed by atoms with Crippen LogP contribution >= 0.6 is 0 Å². The molecule has 0 aromatic heterocycles. The van der Waals surface area contributed by atoms with Crippen LogP contribution in [0.5, 0.6) is 5.75 Å². The molecule has 0 aliphatic carbocycles. The molecular weight excluding hydrogens is 330 g/mol. The van der Waals surface area contributed by atoms with Crippen LogP contribution in [0.25, 0.3) is 0 Å². The lowest BCUT2D eigenvalue weighted by atomic mass is 10.2. The lowest BCUT2D eigenvalue weighted by molar-refractivity contribution is 0.0601. The summed E-state index contributed by atoms with van der Waals surface area (Å²) in [4.78, 5) is 11.6. The van der Waals surface area contributed by atoms with E-state index in [1.807, 2.05) is 13.0 Å². The number of ether oxygens (including phenoxy) is 2. The lowest BCUT2D eigenvalue weighted by Crippen LogP contribution is -2.15.